The van der Waals surface area contributed by atoms with Gasteiger partial charge in [0.25, 0.3) is 5.91 Å². The van der Waals surface area contributed by atoms with Gasteiger partial charge >= 0.3 is 0 Å². The van der Waals surface area contributed by atoms with E-state index in [-0.39, 0.29) is 11.8 Å². The van der Waals surface area contributed by atoms with E-state index in [1.54, 1.807) is 6.07 Å². The Balaban J connectivity index is 0.000000202. The molecule has 0 radical (unpaired) electrons. The third-order valence-corrected chi connectivity index (χ3v) is 4.76. The predicted octanol–water partition coefficient (Wildman–Crippen LogP) is 1.96. The number of likely N-dealkylation sites (tertiary alicyclic amines) is 1. The molecule has 1 aromatic carbocycles. The van der Waals surface area contributed by atoms with E-state index < -0.39 is 0 Å². The van der Waals surface area contributed by atoms with Crippen LogP contribution in [0.2, 0.25) is 0 Å². The van der Waals surface area contributed by atoms with Gasteiger partial charge in [-0.25, -0.2) is 0 Å². The number of carbonyl (C=O) groups is 3. The number of rotatable bonds is 2. The molecule has 150 valence electrons. The highest BCUT2D eigenvalue weighted by atomic mass is 16.2. The fourth-order valence-corrected chi connectivity index (χ4v) is 3.39. The van der Waals surface area contributed by atoms with Gasteiger partial charge in [0.2, 0.25) is 5.91 Å². The normalized spacial score (nSPS) is 15.2. The number of fused-ring (bicyclic) bond motifs is 3. The molecule has 1 saturated heterocycles. The zero-order valence-electron chi connectivity index (χ0n) is 16.3. The fraction of sp³-hybridized carbons (Fsp3) is 0.381. The Morgan fingerprint density at radius 1 is 1.14 bits per heavy atom. The molecule has 0 aliphatic carbocycles. The van der Waals surface area contributed by atoms with Gasteiger partial charge in [-0.3, -0.25) is 14.4 Å². The van der Waals surface area contributed by atoms with Gasteiger partial charge in [0, 0.05) is 42.6 Å². The van der Waals surface area contributed by atoms with Crippen LogP contribution < -0.4 is 11.1 Å². The van der Waals surface area contributed by atoms with E-state index in [0.29, 0.717) is 17.8 Å². The summed E-state index contributed by atoms with van der Waals surface area (Å²) < 4.78 is 1.96. The van der Waals surface area contributed by atoms with Crippen molar-refractivity contribution < 1.29 is 14.4 Å². The summed E-state index contributed by atoms with van der Waals surface area (Å²) in [5.74, 6) is 0.0369. The molecule has 7 heteroatoms. The second-order valence-electron chi connectivity index (χ2n) is 6.46. The minimum absolute atomic E-state index is 0.0462. The standard InChI is InChI=1S/C12H10N2O2.C8H13NO.CH5N/c15-7-8-1-2-9-6-11-12(16)13-3-4-14(11)10(9)5-8;1-2-8(10)9-6-4-3-5-7-9;1-2/h1-2,5-7H,3-4H2,(H,13,16);2H,1,3-7H2;2H2,1H3. The fourth-order valence-electron chi connectivity index (χ4n) is 3.39. The maximum Gasteiger partial charge on any atom is 0.268 e. The van der Waals surface area contributed by atoms with E-state index in [4.69, 9.17) is 0 Å². The lowest BCUT2D eigenvalue weighted by molar-refractivity contribution is -0.126. The topological polar surface area (TPSA) is 97.4 Å². The maximum absolute atomic E-state index is 11.6. The summed E-state index contributed by atoms with van der Waals surface area (Å²) in [7, 11) is 1.50. The second-order valence-corrected chi connectivity index (χ2v) is 6.46. The first-order valence-electron chi connectivity index (χ1n) is 9.50. The van der Waals surface area contributed by atoms with E-state index in [1.807, 2.05) is 27.7 Å². The molecule has 7 nitrogen and oxygen atoms in total. The van der Waals surface area contributed by atoms with Crippen LogP contribution in [-0.4, -0.2) is 54.2 Å². The first-order valence-corrected chi connectivity index (χ1v) is 9.50. The number of piperidine rings is 1. The molecule has 1 aromatic heterocycles. The zero-order chi connectivity index (χ0) is 20.5. The molecular formula is C21H28N4O3. The number of hydrogen-bond donors (Lipinski definition) is 2. The second kappa shape index (κ2) is 10.4. The van der Waals surface area contributed by atoms with Crippen LogP contribution in [0.5, 0.6) is 0 Å². The van der Waals surface area contributed by atoms with Crippen LogP contribution >= 0.6 is 0 Å². The Labute approximate surface area is 165 Å². The largest absolute Gasteiger partial charge is 0.349 e. The highest BCUT2D eigenvalue weighted by Gasteiger charge is 2.19. The molecule has 1 fully saturated rings. The molecule has 2 aromatic rings. The molecule has 0 atom stereocenters. The van der Waals surface area contributed by atoms with Gasteiger partial charge in [-0.05, 0) is 44.5 Å². The number of nitrogens with one attached hydrogen (secondary N) is 1. The van der Waals surface area contributed by atoms with Crippen molar-refractivity contribution in [3.05, 3.63) is 48.2 Å². The Kier molecular flexibility index (Phi) is 7.95. The molecule has 4 rings (SSSR count). The van der Waals surface area contributed by atoms with Gasteiger partial charge in [-0.15, -0.1) is 0 Å². The number of amides is 2. The summed E-state index contributed by atoms with van der Waals surface area (Å²) >= 11 is 0. The van der Waals surface area contributed by atoms with E-state index in [1.165, 1.54) is 19.5 Å². The molecule has 2 amide bonds. The summed E-state index contributed by atoms with van der Waals surface area (Å²) in [6.45, 7) is 6.68. The average Bonchev–Trinajstić information content (AvgIpc) is 3.15. The monoisotopic (exact) mass is 384 g/mol. The molecule has 0 spiro atoms. The van der Waals surface area contributed by atoms with Crippen molar-refractivity contribution in [1.29, 1.82) is 0 Å². The number of carbonyl (C=O) groups excluding carboxylic acids is 3. The van der Waals surface area contributed by atoms with Crippen molar-refractivity contribution in [3.63, 3.8) is 0 Å². The zero-order valence-corrected chi connectivity index (χ0v) is 16.3. The van der Waals surface area contributed by atoms with Gasteiger partial charge in [-0.1, -0.05) is 18.7 Å². The predicted molar refractivity (Wildman–Crippen MR) is 110 cm³/mol. The SMILES string of the molecule is C=CC(=O)N1CCCCC1.CN.O=Cc1ccc2cc3n(c2c1)CCNC3=O. The van der Waals surface area contributed by atoms with Crippen LogP contribution in [0.15, 0.2) is 36.9 Å². The summed E-state index contributed by atoms with van der Waals surface area (Å²) in [5, 5.41) is 3.80. The molecule has 0 saturated carbocycles. The Morgan fingerprint density at radius 3 is 2.50 bits per heavy atom. The Morgan fingerprint density at radius 2 is 1.86 bits per heavy atom. The highest BCUT2D eigenvalue weighted by Crippen LogP contribution is 2.22. The Hall–Kier alpha value is -2.93. The van der Waals surface area contributed by atoms with Crippen molar-refractivity contribution in [3.8, 4) is 0 Å². The molecule has 2 aliphatic rings. The van der Waals surface area contributed by atoms with Crippen LogP contribution in [0.3, 0.4) is 0 Å². The third kappa shape index (κ3) is 4.86. The van der Waals surface area contributed by atoms with Crippen LogP contribution in [0, 0.1) is 0 Å². The van der Waals surface area contributed by atoms with Crippen molar-refractivity contribution in [2.24, 2.45) is 5.73 Å². The Bertz CT molecular complexity index is 851. The van der Waals surface area contributed by atoms with Crippen molar-refractivity contribution >= 4 is 29.0 Å². The van der Waals surface area contributed by atoms with Crippen molar-refractivity contribution in [1.82, 2.24) is 14.8 Å². The first-order chi connectivity index (χ1) is 13.6. The third-order valence-electron chi connectivity index (χ3n) is 4.76. The van der Waals surface area contributed by atoms with Gasteiger partial charge in [0.05, 0.1) is 0 Å². The summed E-state index contributed by atoms with van der Waals surface area (Å²) in [6, 6.07) is 7.32. The molecule has 0 unspecified atom stereocenters. The lowest BCUT2D eigenvalue weighted by Crippen LogP contribution is -2.34. The van der Waals surface area contributed by atoms with E-state index >= 15 is 0 Å². The number of aldehydes is 1. The molecular weight excluding hydrogens is 356 g/mol. The molecule has 0 bridgehead atoms. The number of hydrogen-bond acceptors (Lipinski definition) is 4. The van der Waals surface area contributed by atoms with E-state index in [9.17, 15) is 14.4 Å². The van der Waals surface area contributed by atoms with Crippen molar-refractivity contribution in [2.75, 3.05) is 26.7 Å². The average molecular weight is 384 g/mol. The number of nitrogens with two attached hydrogens (primary N) is 1. The van der Waals surface area contributed by atoms with E-state index in [2.05, 4.69) is 17.6 Å². The van der Waals surface area contributed by atoms with Crippen LogP contribution in [-0.2, 0) is 11.3 Å². The van der Waals surface area contributed by atoms with Crippen molar-refractivity contribution in [2.45, 2.75) is 25.8 Å². The smallest absolute Gasteiger partial charge is 0.268 e. The minimum Gasteiger partial charge on any atom is -0.349 e. The molecule has 3 N–H and O–H groups in total. The van der Waals surface area contributed by atoms with Crippen LogP contribution in [0.4, 0.5) is 0 Å². The molecule has 2 aliphatic heterocycles. The molecule has 3 heterocycles. The van der Waals surface area contributed by atoms with E-state index in [0.717, 1.165) is 49.7 Å². The van der Waals surface area contributed by atoms with Crippen LogP contribution in [0.25, 0.3) is 10.9 Å². The number of nitrogens with zero attached hydrogens (tertiary/aromatic N) is 2. The first kappa shape index (κ1) is 21.4. The lowest BCUT2D eigenvalue weighted by Gasteiger charge is -2.25. The van der Waals surface area contributed by atoms with Gasteiger partial charge in [-0.2, -0.15) is 0 Å². The lowest BCUT2D eigenvalue weighted by atomic mass is 10.1. The highest BCUT2D eigenvalue weighted by molar-refractivity contribution is 6.00. The summed E-state index contributed by atoms with van der Waals surface area (Å²) in [4.78, 5) is 35.2. The maximum atomic E-state index is 11.6. The quantitative estimate of drug-likeness (QED) is 0.611. The van der Waals surface area contributed by atoms with Gasteiger partial charge < -0.3 is 20.5 Å². The molecule has 28 heavy (non-hydrogen) atoms. The summed E-state index contributed by atoms with van der Waals surface area (Å²) in [6.07, 6.45) is 5.79. The van der Waals surface area contributed by atoms with Crippen LogP contribution in [0.1, 0.15) is 40.1 Å². The van der Waals surface area contributed by atoms with Gasteiger partial charge in [0.1, 0.15) is 12.0 Å². The minimum atomic E-state index is -0.0462. The number of benzene rings is 1. The van der Waals surface area contributed by atoms with Gasteiger partial charge in [0.15, 0.2) is 0 Å². The number of aromatic nitrogens is 1. The summed E-state index contributed by atoms with van der Waals surface area (Å²) in [5.41, 5.74) is 6.76.